The summed E-state index contributed by atoms with van der Waals surface area (Å²) in [5.74, 6) is 1.69. The second-order valence-electron chi connectivity index (χ2n) is 8.81. The highest BCUT2D eigenvalue weighted by Crippen LogP contribution is 2.63. The Balaban J connectivity index is 1.57. The van der Waals surface area contributed by atoms with Gasteiger partial charge in [0.05, 0.1) is 11.0 Å². The average Bonchev–Trinajstić information content (AvgIpc) is 3.35. The van der Waals surface area contributed by atoms with Crippen molar-refractivity contribution in [3.05, 3.63) is 23.3 Å². The standard InChI is InChI=1S/C20H26N2O3/c23-14-4-3-13-9-15-20(24)5-7-21-10-16-19(20,17(13)18(14)25-16)6-8-22(15)11-12-1-2-12/h3-4,12,15-16,21,23-24H,1-2,5-11H2/t15?,16-,19?,20?/m0/s1. The van der Waals surface area contributed by atoms with Crippen molar-refractivity contribution in [1.82, 2.24) is 10.2 Å². The molecule has 1 spiro atoms. The first-order valence-corrected chi connectivity index (χ1v) is 9.82. The molecule has 2 saturated heterocycles. The van der Waals surface area contributed by atoms with Crippen LogP contribution in [0.25, 0.3) is 0 Å². The van der Waals surface area contributed by atoms with E-state index in [9.17, 15) is 10.2 Å². The van der Waals surface area contributed by atoms with Crippen LogP contribution in [-0.4, -0.2) is 59.0 Å². The molecule has 2 bridgehead atoms. The normalized spacial score (nSPS) is 41.8. The molecule has 3 N–H and O–H groups in total. The van der Waals surface area contributed by atoms with Gasteiger partial charge in [0.25, 0.3) is 0 Å². The summed E-state index contributed by atoms with van der Waals surface area (Å²) >= 11 is 0. The number of rotatable bonds is 2. The van der Waals surface area contributed by atoms with Gasteiger partial charge in [-0.25, -0.2) is 0 Å². The summed E-state index contributed by atoms with van der Waals surface area (Å²) < 4.78 is 6.29. The van der Waals surface area contributed by atoms with Crippen LogP contribution in [0.15, 0.2) is 12.1 Å². The van der Waals surface area contributed by atoms with E-state index in [1.165, 1.54) is 18.4 Å². The van der Waals surface area contributed by atoms with Gasteiger partial charge in [-0.3, -0.25) is 4.90 Å². The summed E-state index contributed by atoms with van der Waals surface area (Å²) in [5, 5.41) is 26.0. The number of nitrogens with one attached hydrogen (secondary N) is 1. The van der Waals surface area contributed by atoms with E-state index in [-0.39, 0.29) is 23.3 Å². The zero-order valence-corrected chi connectivity index (χ0v) is 14.5. The Morgan fingerprint density at radius 1 is 1.28 bits per heavy atom. The van der Waals surface area contributed by atoms with Crippen molar-refractivity contribution in [3.63, 3.8) is 0 Å². The van der Waals surface area contributed by atoms with E-state index in [2.05, 4.69) is 16.3 Å². The molecule has 2 aliphatic carbocycles. The van der Waals surface area contributed by atoms with E-state index >= 15 is 0 Å². The Hall–Kier alpha value is -1.30. The van der Waals surface area contributed by atoms with Crippen LogP contribution in [0.5, 0.6) is 11.5 Å². The highest BCUT2D eigenvalue weighted by Gasteiger charge is 2.70. The maximum absolute atomic E-state index is 12.1. The highest BCUT2D eigenvalue weighted by atomic mass is 16.5. The van der Waals surface area contributed by atoms with E-state index in [1.54, 1.807) is 6.07 Å². The van der Waals surface area contributed by atoms with Crippen molar-refractivity contribution in [2.75, 3.05) is 26.2 Å². The molecule has 6 rings (SSSR count). The second-order valence-corrected chi connectivity index (χ2v) is 8.81. The first kappa shape index (κ1) is 14.8. The van der Waals surface area contributed by atoms with E-state index in [0.717, 1.165) is 56.9 Å². The van der Waals surface area contributed by atoms with Gasteiger partial charge < -0.3 is 20.3 Å². The van der Waals surface area contributed by atoms with Gasteiger partial charge in [0.1, 0.15) is 6.10 Å². The number of phenolic OH excluding ortho intramolecular Hbond substituents is 1. The van der Waals surface area contributed by atoms with Gasteiger partial charge in [-0.2, -0.15) is 0 Å². The Kier molecular flexibility index (Phi) is 2.79. The summed E-state index contributed by atoms with van der Waals surface area (Å²) in [6, 6.07) is 4.00. The number of ether oxygens (including phenoxy) is 1. The molecule has 4 atom stereocenters. The molecule has 0 radical (unpaired) electrons. The van der Waals surface area contributed by atoms with E-state index in [4.69, 9.17) is 4.74 Å². The Labute approximate surface area is 148 Å². The lowest BCUT2D eigenvalue weighted by atomic mass is 9.52. The molecule has 134 valence electrons. The molecule has 3 fully saturated rings. The average molecular weight is 342 g/mol. The van der Waals surface area contributed by atoms with Crippen LogP contribution in [0.4, 0.5) is 0 Å². The summed E-state index contributed by atoms with van der Waals surface area (Å²) in [4.78, 5) is 2.57. The minimum absolute atomic E-state index is 0.0899. The monoisotopic (exact) mass is 342 g/mol. The molecular formula is C20H26N2O3. The van der Waals surface area contributed by atoms with Crippen molar-refractivity contribution in [1.29, 1.82) is 0 Å². The van der Waals surface area contributed by atoms with Crippen LogP contribution in [0.3, 0.4) is 0 Å². The molecule has 1 aromatic rings. The fraction of sp³-hybridized carbons (Fsp3) is 0.700. The number of piperidine rings is 1. The number of aliphatic hydroxyl groups is 1. The molecule has 5 nitrogen and oxygen atoms in total. The van der Waals surface area contributed by atoms with Gasteiger partial charge >= 0.3 is 0 Å². The van der Waals surface area contributed by atoms with Crippen LogP contribution >= 0.6 is 0 Å². The van der Waals surface area contributed by atoms with Gasteiger partial charge in [-0.1, -0.05) is 6.07 Å². The zero-order valence-electron chi connectivity index (χ0n) is 14.5. The molecule has 1 aromatic carbocycles. The third kappa shape index (κ3) is 1.70. The highest BCUT2D eigenvalue weighted by molar-refractivity contribution is 5.62. The smallest absolute Gasteiger partial charge is 0.165 e. The van der Waals surface area contributed by atoms with Crippen LogP contribution < -0.4 is 10.1 Å². The fourth-order valence-corrected chi connectivity index (χ4v) is 6.34. The lowest BCUT2D eigenvalue weighted by molar-refractivity contribution is -0.162. The lowest BCUT2D eigenvalue weighted by Gasteiger charge is -2.60. The van der Waals surface area contributed by atoms with Crippen molar-refractivity contribution in [3.8, 4) is 11.5 Å². The molecule has 3 unspecified atom stereocenters. The Morgan fingerprint density at radius 3 is 3.00 bits per heavy atom. The number of likely N-dealkylation sites (tertiary alicyclic amines) is 1. The number of hydrogen-bond donors (Lipinski definition) is 3. The van der Waals surface area contributed by atoms with Crippen LogP contribution in [0.1, 0.15) is 36.8 Å². The molecule has 0 amide bonds. The molecule has 5 heteroatoms. The predicted octanol–water partition coefficient (Wildman–Crippen LogP) is 1.16. The van der Waals surface area contributed by atoms with Crippen LogP contribution in [-0.2, 0) is 11.8 Å². The topological polar surface area (TPSA) is 65.0 Å². The first-order chi connectivity index (χ1) is 12.1. The summed E-state index contributed by atoms with van der Waals surface area (Å²) in [6.45, 7) is 3.72. The SMILES string of the molecule is Oc1ccc2c3c1O[C@H]1CNCCC4(O)C(C2)N(CC2CC2)CCC314. The minimum Gasteiger partial charge on any atom is -0.504 e. The third-order valence-corrected chi connectivity index (χ3v) is 7.65. The Morgan fingerprint density at radius 2 is 2.16 bits per heavy atom. The molecule has 3 heterocycles. The number of phenols is 1. The van der Waals surface area contributed by atoms with Crippen LogP contribution in [0, 0.1) is 5.92 Å². The number of hydrogen-bond acceptors (Lipinski definition) is 5. The minimum atomic E-state index is -0.777. The number of benzene rings is 1. The molecular weight excluding hydrogens is 316 g/mol. The molecule has 3 aliphatic heterocycles. The van der Waals surface area contributed by atoms with E-state index in [0.29, 0.717) is 5.75 Å². The van der Waals surface area contributed by atoms with E-state index < -0.39 is 5.60 Å². The lowest BCUT2D eigenvalue weighted by Crippen LogP contribution is -2.74. The molecule has 0 aromatic heterocycles. The Bertz CT molecular complexity index is 749. The number of nitrogens with zero attached hydrogens (tertiary/aromatic N) is 1. The molecule has 25 heavy (non-hydrogen) atoms. The fourth-order valence-electron chi connectivity index (χ4n) is 6.34. The summed E-state index contributed by atoms with van der Waals surface area (Å²) in [7, 11) is 0. The molecule has 1 saturated carbocycles. The van der Waals surface area contributed by atoms with Crippen molar-refractivity contribution in [2.24, 2.45) is 5.92 Å². The number of aromatic hydroxyl groups is 1. The van der Waals surface area contributed by atoms with Crippen molar-refractivity contribution < 1.29 is 14.9 Å². The van der Waals surface area contributed by atoms with Crippen molar-refractivity contribution in [2.45, 2.75) is 55.3 Å². The van der Waals surface area contributed by atoms with Gasteiger partial charge in [-0.15, -0.1) is 0 Å². The summed E-state index contributed by atoms with van der Waals surface area (Å²) in [6.07, 6.45) is 5.14. The quantitative estimate of drug-likeness (QED) is 0.753. The maximum Gasteiger partial charge on any atom is 0.165 e. The van der Waals surface area contributed by atoms with Crippen molar-refractivity contribution >= 4 is 0 Å². The van der Waals surface area contributed by atoms with E-state index in [1.807, 2.05) is 0 Å². The summed E-state index contributed by atoms with van der Waals surface area (Å²) in [5.41, 5.74) is 1.24. The van der Waals surface area contributed by atoms with Crippen LogP contribution in [0.2, 0.25) is 0 Å². The largest absolute Gasteiger partial charge is 0.504 e. The third-order valence-electron chi connectivity index (χ3n) is 7.65. The molecule has 5 aliphatic rings. The second kappa shape index (κ2) is 4.70. The maximum atomic E-state index is 12.1. The predicted molar refractivity (Wildman–Crippen MR) is 93.0 cm³/mol. The van der Waals surface area contributed by atoms with Gasteiger partial charge in [0, 0.05) is 24.7 Å². The van der Waals surface area contributed by atoms with Gasteiger partial charge in [0.2, 0.25) is 0 Å². The zero-order chi connectivity index (χ0) is 16.8. The van der Waals surface area contributed by atoms with Gasteiger partial charge in [-0.05, 0) is 62.7 Å². The van der Waals surface area contributed by atoms with Gasteiger partial charge in [0.15, 0.2) is 11.5 Å². The first-order valence-electron chi connectivity index (χ1n) is 9.82.